The monoisotopic (exact) mass is 401 g/mol. The van der Waals surface area contributed by atoms with E-state index in [4.69, 9.17) is 0 Å². The molecule has 1 unspecified atom stereocenters. The summed E-state index contributed by atoms with van der Waals surface area (Å²) in [5.74, 6) is -2.19. The minimum atomic E-state index is -0.687. The third-order valence-electron chi connectivity index (χ3n) is 5.12. The first kappa shape index (κ1) is 22.3. The summed E-state index contributed by atoms with van der Waals surface area (Å²) < 4.78 is 14.9. The highest BCUT2D eigenvalue weighted by atomic mass is 19.1. The lowest BCUT2D eigenvalue weighted by atomic mass is 9.92. The molecular weight excluding hydrogens is 373 g/mol. The molecule has 0 radical (unpaired) electrons. The first-order chi connectivity index (χ1) is 13.6. The zero-order valence-corrected chi connectivity index (χ0v) is 17.6. The van der Waals surface area contributed by atoms with E-state index in [1.807, 2.05) is 20.8 Å². The van der Waals surface area contributed by atoms with Gasteiger partial charge in [-0.1, -0.05) is 20.3 Å². The highest BCUT2D eigenvalue weighted by Gasteiger charge is 2.28. The zero-order valence-electron chi connectivity index (χ0n) is 17.6. The predicted octanol–water partition coefficient (Wildman–Crippen LogP) is 3.99. The van der Waals surface area contributed by atoms with Gasteiger partial charge in [0.1, 0.15) is 11.5 Å². The molecule has 0 bridgehead atoms. The van der Waals surface area contributed by atoms with Crippen molar-refractivity contribution in [3.05, 3.63) is 53.1 Å². The van der Waals surface area contributed by atoms with Crippen LogP contribution in [0.1, 0.15) is 66.4 Å². The normalized spacial score (nSPS) is 12.9. The number of nitrogens with zero attached hydrogens (tertiary/aromatic N) is 1. The molecule has 1 atom stereocenters. The minimum absolute atomic E-state index is 0.139. The van der Waals surface area contributed by atoms with E-state index in [2.05, 4.69) is 10.6 Å². The lowest BCUT2D eigenvalue weighted by Crippen LogP contribution is -2.48. The average molecular weight is 401 g/mol. The van der Waals surface area contributed by atoms with E-state index < -0.39 is 23.1 Å². The molecule has 6 nitrogen and oxygen atoms in total. The minimum Gasteiger partial charge on any atom is -0.346 e. The van der Waals surface area contributed by atoms with Crippen molar-refractivity contribution in [2.75, 3.05) is 5.32 Å². The summed E-state index contributed by atoms with van der Waals surface area (Å²) in [6, 6.07) is 5.64. The Kier molecular flexibility index (Phi) is 6.95. The van der Waals surface area contributed by atoms with Gasteiger partial charge in [0.05, 0.1) is 0 Å². The Bertz CT molecular complexity index is 935. The number of Topliss-reactive ketones (excluding diaryl/α,β-unsaturated/α-hetero) is 1. The number of ketones is 1. The summed E-state index contributed by atoms with van der Waals surface area (Å²) in [7, 11) is 1.62. The summed E-state index contributed by atoms with van der Waals surface area (Å²) in [4.78, 5) is 37.6. The number of hydrogen-bond acceptors (Lipinski definition) is 3. The van der Waals surface area contributed by atoms with E-state index >= 15 is 0 Å². The van der Waals surface area contributed by atoms with E-state index in [9.17, 15) is 18.8 Å². The maximum atomic E-state index is 13.4. The number of aryl methyl sites for hydroxylation is 2. The number of rotatable bonds is 8. The van der Waals surface area contributed by atoms with Gasteiger partial charge in [-0.3, -0.25) is 14.4 Å². The SMILES string of the molecule is CCCC(C)(CC)NC(=O)C(=O)c1cc(C(=O)Nc2ccc(F)c(C)c2)n(C)c1. The number of hydrogen-bond donors (Lipinski definition) is 2. The highest BCUT2D eigenvalue weighted by Crippen LogP contribution is 2.18. The predicted molar refractivity (Wildman–Crippen MR) is 111 cm³/mol. The van der Waals surface area contributed by atoms with Crippen molar-refractivity contribution in [3.8, 4) is 0 Å². The molecule has 2 rings (SSSR count). The largest absolute Gasteiger partial charge is 0.346 e. The summed E-state index contributed by atoms with van der Waals surface area (Å²) in [6.07, 6.45) is 3.81. The van der Waals surface area contributed by atoms with Crippen molar-refractivity contribution in [2.24, 2.45) is 7.05 Å². The molecule has 0 aliphatic rings. The Balaban J connectivity index is 2.16. The third-order valence-corrected chi connectivity index (χ3v) is 5.12. The smallest absolute Gasteiger partial charge is 0.292 e. The molecule has 0 spiro atoms. The Morgan fingerprint density at radius 1 is 1.17 bits per heavy atom. The summed E-state index contributed by atoms with van der Waals surface area (Å²) in [5.41, 5.74) is 0.763. The van der Waals surface area contributed by atoms with Gasteiger partial charge in [0.2, 0.25) is 0 Å². The van der Waals surface area contributed by atoms with Crippen molar-refractivity contribution in [1.29, 1.82) is 0 Å². The number of amides is 2. The molecule has 2 aromatic rings. The van der Waals surface area contributed by atoms with Crippen LogP contribution in [-0.2, 0) is 11.8 Å². The van der Waals surface area contributed by atoms with Gasteiger partial charge >= 0.3 is 0 Å². The van der Waals surface area contributed by atoms with Gasteiger partial charge in [0, 0.05) is 30.0 Å². The molecule has 2 N–H and O–H groups in total. The van der Waals surface area contributed by atoms with Crippen LogP contribution >= 0.6 is 0 Å². The van der Waals surface area contributed by atoms with Gasteiger partial charge < -0.3 is 15.2 Å². The van der Waals surface area contributed by atoms with E-state index in [-0.39, 0.29) is 17.1 Å². The van der Waals surface area contributed by atoms with Gasteiger partial charge in [0.15, 0.2) is 0 Å². The first-order valence-electron chi connectivity index (χ1n) is 9.71. The number of nitrogens with one attached hydrogen (secondary N) is 2. The topological polar surface area (TPSA) is 80.2 Å². The molecule has 0 aliphatic carbocycles. The van der Waals surface area contributed by atoms with Crippen LogP contribution in [0, 0.1) is 12.7 Å². The number of anilines is 1. The number of halogens is 1. The van der Waals surface area contributed by atoms with E-state index in [0.29, 0.717) is 17.7 Å². The van der Waals surface area contributed by atoms with Crippen LogP contribution in [0.25, 0.3) is 0 Å². The number of benzene rings is 1. The Labute approximate surface area is 170 Å². The summed E-state index contributed by atoms with van der Waals surface area (Å²) >= 11 is 0. The lowest BCUT2D eigenvalue weighted by Gasteiger charge is -2.28. The number of carbonyl (C=O) groups is 3. The van der Waals surface area contributed by atoms with Crippen molar-refractivity contribution in [3.63, 3.8) is 0 Å². The first-order valence-corrected chi connectivity index (χ1v) is 9.71. The van der Waals surface area contributed by atoms with Crippen molar-refractivity contribution >= 4 is 23.3 Å². The summed E-state index contributed by atoms with van der Waals surface area (Å²) in [5, 5.41) is 5.49. The fourth-order valence-corrected chi connectivity index (χ4v) is 3.17. The molecule has 7 heteroatoms. The zero-order chi connectivity index (χ0) is 21.8. The van der Waals surface area contributed by atoms with Crippen molar-refractivity contribution < 1.29 is 18.8 Å². The Morgan fingerprint density at radius 3 is 2.45 bits per heavy atom. The van der Waals surface area contributed by atoms with Crippen LogP contribution in [0.15, 0.2) is 30.5 Å². The second-order valence-electron chi connectivity index (χ2n) is 7.59. The van der Waals surface area contributed by atoms with Crippen LogP contribution in [0.4, 0.5) is 10.1 Å². The molecule has 29 heavy (non-hydrogen) atoms. The van der Waals surface area contributed by atoms with Crippen LogP contribution in [-0.4, -0.2) is 27.7 Å². The van der Waals surface area contributed by atoms with Gasteiger partial charge in [-0.15, -0.1) is 0 Å². The molecule has 0 saturated carbocycles. The van der Waals surface area contributed by atoms with Crippen molar-refractivity contribution in [1.82, 2.24) is 9.88 Å². The van der Waals surface area contributed by atoms with E-state index in [1.165, 1.54) is 35.0 Å². The van der Waals surface area contributed by atoms with E-state index in [1.54, 1.807) is 14.0 Å². The molecule has 2 amide bonds. The van der Waals surface area contributed by atoms with Crippen molar-refractivity contribution in [2.45, 2.75) is 52.5 Å². The molecule has 0 fully saturated rings. The number of carbonyl (C=O) groups excluding carboxylic acids is 3. The van der Waals surface area contributed by atoms with Crippen LogP contribution in [0.2, 0.25) is 0 Å². The Hall–Kier alpha value is -2.96. The summed E-state index contributed by atoms with van der Waals surface area (Å²) in [6.45, 7) is 7.50. The molecular formula is C22H28FN3O3. The second-order valence-corrected chi connectivity index (χ2v) is 7.59. The van der Waals surface area contributed by atoms with Gasteiger partial charge in [-0.05, 0) is 56.5 Å². The fraction of sp³-hybridized carbons (Fsp3) is 0.409. The molecule has 1 aromatic heterocycles. The molecule has 0 saturated heterocycles. The van der Waals surface area contributed by atoms with Crippen LogP contribution < -0.4 is 10.6 Å². The molecule has 0 aliphatic heterocycles. The maximum absolute atomic E-state index is 13.4. The molecule has 1 aromatic carbocycles. The third kappa shape index (κ3) is 5.31. The van der Waals surface area contributed by atoms with E-state index in [0.717, 1.165) is 12.8 Å². The molecule has 1 heterocycles. The Morgan fingerprint density at radius 2 is 1.86 bits per heavy atom. The van der Waals surface area contributed by atoms with Gasteiger partial charge in [0.25, 0.3) is 17.6 Å². The molecule has 156 valence electrons. The quantitative estimate of drug-likeness (QED) is 0.518. The highest BCUT2D eigenvalue weighted by molar-refractivity contribution is 6.43. The van der Waals surface area contributed by atoms with Gasteiger partial charge in [-0.2, -0.15) is 0 Å². The average Bonchev–Trinajstić information content (AvgIpc) is 3.06. The fourth-order valence-electron chi connectivity index (χ4n) is 3.17. The maximum Gasteiger partial charge on any atom is 0.292 e. The van der Waals surface area contributed by atoms with Crippen LogP contribution in [0.3, 0.4) is 0 Å². The number of aromatic nitrogens is 1. The van der Waals surface area contributed by atoms with Gasteiger partial charge in [-0.25, -0.2) is 4.39 Å². The second kappa shape index (κ2) is 9.03. The lowest BCUT2D eigenvalue weighted by molar-refractivity contribution is -0.118. The standard InChI is InChI=1S/C22H28FN3O3/c1-6-10-22(4,7-2)25-21(29)19(27)15-12-18(26(5)13-15)20(28)24-16-8-9-17(23)14(3)11-16/h8-9,11-13H,6-7,10H2,1-5H3,(H,24,28)(H,25,29). The van der Waals surface area contributed by atoms with Crippen LogP contribution in [0.5, 0.6) is 0 Å².